The van der Waals surface area contributed by atoms with Crippen molar-refractivity contribution in [2.24, 2.45) is 5.92 Å². The van der Waals surface area contributed by atoms with Gasteiger partial charge in [-0.2, -0.15) is 0 Å². The number of hydrogen-bond donors (Lipinski definition) is 1. The molecular weight excluding hydrogens is 379 g/mol. The molecule has 1 amide bonds. The molecule has 7 heteroatoms. The molecule has 1 saturated heterocycles. The molecule has 1 fully saturated rings. The molecule has 28 heavy (non-hydrogen) atoms. The standard InChI is InChI=1S/C21H25FN2O3S/c1-2-17-6-3-4-8-20(17)23-21(25)18-7-5-13-24(14-18)28(26,27)15-16-9-11-19(22)12-10-16/h3-4,6,8-12,18H,2,5,7,13-15H2,1H3,(H,23,25)/t18-/m0/s1. The average molecular weight is 405 g/mol. The van der Waals surface area contributed by atoms with Crippen LogP contribution in [0.2, 0.25) is 0 Å². The zero-order valence-electron chi connectivity index (χ0n) is 15.9. The number of para-hydroxylation sites is 1. The Labute approximate surface area is 165 Å². The van der Waals surface area contributed by atoms with Gasteiger partial charge in [-0.1, -0.05) is 37.3 Å². The predicted octanol–water partition coefficient (Wildman–Crippen LogP) is 3.57. The van der Waals surface area contributed by atoms with E-state index in [0.717, 1.165) is 17.7 Å². The summed E-state index contributed by atoms with van der Waals surface area (Å²) in [6.07, 6.45) is 2.10. The number of hydrogen-bond acceptors (Lipinski definition) is 3. The number of sulfonamides is 1. The Balaban J connectivity index is 1.67. The molecule has 2 aromatic carbocycles. The van der Waals surface area contributed by atoms with Crippen LogP contribution < -0.4 is 5.32 Å². The van der Waals surface area contributed by atoms with Crippen molar-refractivity contribution in [3.63, 3.8) is 0 Å². The summed E-state index contributed by atoms with van der Waals surface area (Å²) in [5.74, 6) is -1.13. The van der Waals surface area contributed by atoms with Crippen molar-refractivity contribution in [3.8, 4) is 0 Å². The van der Waals surface area contributed by atoms with E-state index >= 15 is 0 Å². The van der Waals surface area contributed by atoms with Crippen LogP contribution in [-0.2, 0) is 27.0 Å². The molecule has 0 aliphatic carbocycles. The van der Waals surface area contributed by atoms with Crippen molar-refractivity contribution in [1.29, 1.82) is 0 Å². The topological polar surface area (TPSA) is 66.5 Å². The van der Waals surface area contributed by atoms with Gasteiger partial charge in [0.1, 0.15) is 5.82 Å². The van der Waals surface area contributed by atoms with E-state index in [4.69, 9.17) is 0 Å². The number of benzene rings is 2. The Morgan fingerprint density at radius 1 is 1.18 bits per heavy atom. The second kappa shape index (κ2) is 8.84. The lowest BCUT2D eigenvalue weighted by molar-refractivity contribution is -0.120. The molecule has 0 radical (unpaired) electrons. The van der Waals surface area contributed by atoms with Gasteiger partial charge in [-0.05, 0) is 48.6 Å². The minimum atomic E-state index is -3.57. The van der Waals surface area contributed by atoms with Crippen molar-refractivity contribution in [1.82, 2.24) is 4.31 Å². The van der Waals surface area contributed by atoms with Gasteiger partial charge in [-0.25, -0.2) is 17.1 Å². The molecule has 1 aliphatic rings. The van der Waals surface area contributed by atoms with Crippen LogP contribution in [0.25, 0.3) is 0 Å². The molecule has 0 unspecified atom stereocenters. The third-order valence-electron chi connectivity index (χ3n) is 5.07. The van der Waals surface area contributed by atoms with Crippen LogP contribution in [0.15, 0.2) is 48.5 Å². The fourth-order valence-corrected chi connectivity index (χ4v) is 5.09. The van der Waals surface area contributed by atoms with E-state index in [9.17, 15) is 17.6 Å². The Morgan fingerprint density at radius 3 is 2.61 bits per heavy atom. The zero-order valence-corrected chi connectivity index (χ0v) is 16.7. The highest BCUT2D eigenvalue weighted by Crippen LogP contribution is 2.24. The molecule has 1 N–H and O–H groups in total. The highest BCUT2D eigenvalue weighted by molar-refractivity contribution is 7.88. The predicted molar refractivity (Wildman–Crippen MR) is 108 cm³/mol. The van der Waals surface area contributed by atoms with Gasteiger partial charge in [0, 0.05) is 18.8 Å². The number of halogens is 1. The van der Waals surface area contributed by atoms with Crippen LogP contribution in [0.3, 0.4) is 0 Å². The van der Waals surface area contributed by atoms with Gasteiger partial charge in [0.2, 0.25) is 15.9 Å². The maximum absolute atomic E-state index is 13.0. The fourth-order valence-electron chi connectivity index (χ4n) is 3.48. The SMILES string of the molecule is CCc1ccccc1NC(=O)[C@H]1CCCN(S(=O)(=O)Cc2ccc(F)cc2)C1. The number of piperidine rings is 1. The Kier molecular flexibility index (Phi) is 6.46. The number of rotatable bonds is 6. The van der Waals surface area contributed by atoms with E-state index in [1.54, 1.807) is 0 Å². The van der Waals surface area contributed by atoms with E-state index in [0.29, 0.717) is 24.9 Å². The summed E-state index contributed by atoms with van der Waals surface area (Å²) in [5.41, 5.74) is 2.36. The number of anilines is 1. The maximum Gasteiger partial charge on any atom is 0.228 e. The van der Waals surface area contributed by atoms with Gasteiger partial charge in [0.15, 0.2) is 0 Å². The van der Waals surface area contributed by atoms with Crippen molar-refractivity contribution in [3.05, 3.63) is 65.5 Å². The second-order valence-electron chi connectivity index (χ2n) is 7.08. The van der Waals surface area contributed by atoms with E-state index in [1.165, 1.54) is 28.6 Å². The molecule has 0 bridgehead atoms. The largest absolute Gasteiger partial charge is 0.326 e. The number of nitrogens with one attached hydrogen (secondary N) is 1. The van der Waals surface area contributed by atoms with Crippen LogP contribution in [0.5, 0.6) is 0 Å². The normalized spacial score (nSPS) is 18.0. The van der Waals surface area contributed by atoms with Gasteiger partial charge >= 0.3 is 0 Å². The zero-order chi connectivity index (χ0) is 20.1. The third-order valence-corrected chi connectivity index (χ3v) is 6.88. The Hall–Kier alpha value is -2.25. The van der Waals surface area contributed by atoms with Gasteiger partial charge in [-0.3, -0.25) is 4.79 Å². The number of aryl methyl sites for hydroxylation is 1. The van der Waals surface area contributed by atoms with Crippen molar-refractivity contribution < 1.29 is 17.6 Å². The average Bonchev–Trinajstić information content (AvgIpc) is 2.70. The van der Waals surface area contributed by atoms with Gasteiger partial charge in [-0.15, -0.1) is 0 Å². The molecule has 5 nitrogen and oxygen atoms in total. The molecule has 0 saturated carbocycles. The molecule has 150 valence electrons. The summed E-state index contributed by atoms with van der Waals surface area (Å²) in [4.78, 5) is 12.7. The Bertz CT molecular complexity index is 929. The van der Waals surface area contributed by atoms with Crippen LogP contribution in [0.4, 0.5) is 10.1 Å². The maximum atomic E-state index is 13.0. The molecule has 3 rings (SSSR count). The van der Waals surface area contributed by atoms with E-state index in [1.807, 2.05) is 31.2 Å². The third kappa shape index (κ3) is 4.97. The summed E-state index contributed by atoms with van der Waals surface area (Å²) < 4.78 is 40.0. The summed E-state index contributed by atoms with van der Waals surface area (Å²) in [6, 6.07) is 13.1. The molecule has 1 heterocycles. The monoisotopic (exact) mass is 404 g/mol. The smallest absolute Gasteiger partial charge is 0.228 e. The number of amides is 1. The first-order valence-electron chi connectivity index (χ1n) is 9.50. The second-order valence-corrected chi connectivity index (χ2v) is 9.05. The quantitative estimate of drug-likeness (QED) is 0.800. The fraction of sp³-hybridized carbons (Fsp3) is 0.381. The van der Waals surface area contributed by atoms with E-state index in [-0.39, 0.29) is 24.1 Å². The lowest BCUT2D eigenvalue weighted by atomic mass is 9.98. The number of carbonyl (C=O) groups excluding carboxylic acids is 1. The lowest BCUT2D eigenvalue weighted by Gasteiger charge is -2.31. The first-order chi connectivity index (χ1) is 13.4. The van der Waals surface area contributed by atoms with Gasteiger partial charge < -0.3 is 5.32 Å². The Morgan fingerprint density at radius 2 is 1.89 bits per heavy atom. The minimum absolute atomic E-state index is 0.150. The number of nitrogens with zero attached hydrogens (tertiary/aromatic N) is 1. The molecule has 0 aromatic heterocycles. The van der Waals surface area contributed by atoms with Crippen LogP contribution in [0, 0.1) is 11.7 Å². The van der Waals surface area contributed by atoms with Crippen molar-refractivity contribution >= 4 is 21.6 Å². The molecule has 0 spiro atoms. The summed E-state index contributed by atoms with van der Waals surface area (Å²) >= 11 is 0. The highest BCUT2D eigenvalue weighted by Gasteiger charge is 2.32. The summed E-state index contributed by atoms with van der Waals surface area (Å²) in [7, 11) is -3.57. The molecule has 2 aromatic rings. The van der Waals surface area contributed by atoms with E-state index < -0.39 is 15.8 Å². The first kappa shape index (κ1) is 20.5. The van der Waals surface area contributed by atoms with Crippen molar-refractivity contribution in [2.45, 2.75) is 31.9 Å². The summed E-state index contributed by atoms with van der Waals surface area (Å²) in [5, 5.41) is 2.96. The van der Waals surface area contributed by atoms with Gasteiger partial charge in [0.05, 0.1) is 11.7 Å². The van der Waals surface area contributed by atoms with Gasteiger partial charge in [0.25, 0.3) is 0 Å². The van der Waals surface area contributed by atoms with Crippen molar-refractivity contribution in [2.75, 3.05) is 18.4 Å². The molecule has 1 atom stereocenters. The highest BCUT2D eigenvalue weighted by atomic mass is 32.2. The molecule has 1 aliphatic heterocycles. The van der Waals surface area contributed by atoms with E-state index in [2.05, 4.69) is 5.32 Å². The number of carbonyl (C=O) groups is 1. The first-order valence-corrected chi connectivity index (χ1v) is 11.1. The molecular formula is C21H25FN2O3S. The van der Waals surface area contributed by atoms with Crippen LogP contribution in [-0.4, -0.2) is 31.7 Å². The minimum Gasteiger partial charge on any atom is -0.326 e. The lowest BCUT2D eigenvalue weighted by Crippen LogP contribution is -2.44. The van der Waals surface area contributed by atoms with Crippen LogP contribution >= 0.6 is 0 Å². The van der Waals surface area contributed by atoms with Crippen LogP contribution in [0.1, 0.15) is 30.9 Å². The summed E-state index contributed by atoms with van der Waals surface area (Å²) in [6.45, 7) is 2.60.